The zero-order valence-electron chi connectivity index (χ0n) is 17.8. The highest BCUT2D eigenvalue weighted by Crippen LogP contribution is 2.31. The molecule has 1 aliphatic rings. The van der Waals surface area contributed by atoms with Gasteiger partial charge in [0.05, 0.1) is 4.90 Å². The summed E-state index contributed by atoms with van der Waals surface area (Å²) in [6.45, 7) is 10.7. The van der Waals surface area contributed by atoms with Crippen LogP contribution in [0, 0.1) is 0 Å². The molecule has 0 unspecified atom stereocenters. The summed E-state index contributed by atoms with van der Waals surface area (Å²) in [5.74, 6) is 0.0600. The van der Waals surface area contributed by atoms with Crippen LogP contribution in [-0.2, 0) is 26.7 Å². The molecule has 2 aromatic rings. The number of carbonyl (C=O) groups is 1. The lowest BCUT2D eigenvalue weighted by Gasteiger charge is -2.21. The lowest BCUT2D eigenvalue weighted by molar-refractivity contribution is -0.118. The normalized spacial score (nSPS) is 15.3. The van der Waals surface area contributed by atoms with Crippen LogP contribution in [0.5, 0.6) is 0 Å². The van der Waals surface area contributed by atoms with E-state index in [1.165, 1.54) is 5.56 Å². The van der Waals surface area contributed by atoms with Crippen LogP contribution in [0.25, 0.3) is 0 Å². The molecule has 156 valence electrons. The molecule has 0 saturated carbocycles. The first-order valence-electron chi connectivity index (χ1n) is 10.1. The van der Waals surface area contributed by atoms with Crippen molar-refractivity contribution in [1.29, 1.82) is 0 Å². The molecule has 0 radical (unpaired) electrons. The molecule has 6 heteroatoms. The van der Waals surface area contributed by atoms with Crippen molar-refractivity contribution in [3.63, 3.8) is 0 Å². The van der Waals surface area contributed by atoms with Gasteiger partial charge in [0.15, 0.2) is 0 Å². The minimum absolute atomic E-state index is 0.0543. The Morgan fingerprint density at radius 3 is 2.38 bits per heavy atom. The van der Waals surface area contributed by atoms with Gasteiger partial charge in [-0.2, -0.15) is 0 Å². The van der Waals surface area contributed by atoms with Crippen LogP contribution in [0.2, 0.25) is 0 Å². The third-order valence-electron chi connectivity index (χ3n) is 5.47. The second-order valence-electron chi connectivity index (χ2n) is 8.65. The molecular formula is C23H30N2O3S. The quantitative estimate of drug-likeness (QED) is 0.792. The Bertz CT molecular complexity index is 1010. The zero-order chi connectivity index (χ0) is 21.4. The molecule has 0 spiro atoms. The molecule has 1 atom stereocenters. The van der Waals surface area contributed by atoms with Crippen molar-refractivity contribution in [3.8, 4) is 0 Å². The van der Waals surface area contributed by atoms with E-state index in [9.17, 15) is 13.2 Å². The molecule has 1 heterocycles. The Morgan fingerprint density at radius 2 is 1.79 bits per heavy atom. The molecule has 1 N–H and O–H groups in total. The summed E-state index contributed by atoms with van der Waals surface area (Å²) in [6, 6.07) is 12.7. The van der Waals surface area contributed by atoms with Crippen LogP contribution >= 0.6 is 0 Å². The van der Waals surface area contributed by atoms with E-state index in [-0.39, 0.29) is 22.3 Å². The van der Waals surface area contributed by atoms with Crippen molar-refractivity contribution in [2.45, 2.75) is 63.8 Å². The van der Waals surface area contributed by atoms with E-state index in [2.05, 4.69) is 37.6 Å². The average molecular weight is 415 g/mol. The summed E-state index contributed by atoms with van der Waals surface area (Å²) in [4.78, 5) is 14.0. The van der Waals surface area contributed by atoms with Crippen LogP contribution in [0.1, 0.15) is 63.8 Å². The van der Waals surface area contributed by atoms with E-state index in [0.29, 0.717) is 19.4 Å². The standard InChI is InChI=1S/C23H30N2O3S/c1-6-22(26)25-14-13-18-15-20(11-12-21(18)25)29(27,28)24-16(2)17-7-9-19(10-8-17)23(3,4)5/h7-12,15-16,24H,6,13-14H2,1-5H3/t16-/m0/s1. The van der Waals surface area contributed by atoms with Crippen LogP contribution in [0.3, 0.4) is 0 Å². The molecule has 1 aliphatic heterocycles. The van der Waals surface area contributed by atoms with Gasteiger partial charge in [-0.05, 0) is 53.6 Å². The van der Waals surface area contributed by atoms with E-state index in [0.717, 1.165) is 16.8 Å². The van der Waals surface area contributed by atoms with E-state index >= 15 is 0 Å². The molecule has 1 amide bonds. The highest BCUT2D eigenvalue weighted by Gasteiger charge is 2.26. The highest BCUT2D eigenvalue weighted by molar-refractivity contribution is 7.89. The first-order chi connectivity index (χ1) is 13.5. The SMILES string of the molecule is CCC(=O)N1CCc2cc(S(=O)(=O)N[C@@H](C)c3ccc(C(C)(C)C)cc3)ccc21. The number of hydrogen-bond acceptors (Lipinski definition) is 3. The van der Waals surface area contributed by atoms with Gasteiger partial charge in [-0.15, -0.1) is 0 Å². The molecule has 0 aliphatic carbocycles. The fraction of sp³-hybridized carbons (Fsp3) is 0.435. The molecule has 0 bridgehead atoms. The number of carbonyl (C=O) groups excluding carboxylic acids is 1. The summed E-state index contributed by atoms with van der Waals surface area (Å²) in [5, 5.41) is 0. The van der Waals surface area contributed by atoms with Crippen molar-refractivity contribution < 1.29 is 13.2 Å². The molecule has 2 aromatic carbocycles. The third kappa shape index (κ3) is 4.54. The Kier molecular flexibility index (Phi) is 5.88. The number of amides is 1. The second kappa shape index (κ2) is 7.92. The van der Waals surface area contributed by atoms with Crippen molar-refractivity contribution in [2.75, 3.05) is 11.4 Å². The van der Waals surface area contributed by atoms with Gasteiger partial charge in [0, 0.05) is 24.7 Å². The van der Waals surface area contributed by atoms with Gasteiger partial charge in [0.2, 0.25) is 15.9 Å². The van der Waals surface area contributed by atoms with Gasteiger partial charge in [-0.3, -0.25) is 4.79 Å². The predicted molar refractivity (Wildman–Crippen MR) is 117 cm³/mol. The smallest absolute Gasteiger partial charge is 0.241 e. The lowest BCUT2D eigenvalue weighted by Crippen LogP contribution is -2.28. The minimum Gasteiger partial charge on any atom is -0.312 e. The number of sulfonamides is 1. The number of benzene rings is 2. The fourth-order valence-electron chi connectivity index (χ4n) is 3.64. The summed E-state index contributed by atoms with van der Waals surface area (Å²) in [6.07, 6.45) is 1.11. The molecular weight excluding hydrogens is 384 g/mol. The predicted octanol–water partition coefficient (Wildman–Crippen LogP) is 4.32. The van der Waals surface area contributed by atoms with Crippen LogP contribution in [-0.4, -0.2) is 20.9 Å². The number of anilines is 1. The number of nitrogens with one attached hydrogen (secondary N) is 1. The maximum absolute atomic E-state index is 12.9. The van der Waals surface area contributed by atoms with Crippen LogP contribution in [0.4, 0.5) is 5.69 Å². The molecule has 3 rings (SSSR count). The molecule has 0 aromatic heterocycles. The van der Waals surface area contributed by atoms with Crippen molar-refractivity contribution in [3.05, 3.63) is 59.2 Å². The van der Waals surface area contributed by atoms with E-state index in [4.69, 9.17) is 0 Å². The summed E-state index contributed by atoms with van der Waals surface area (Å²) < 4.78 is 28.6. The number of fused-ring (bicyclic) bond motifs is 1. The van der Waals surface area contributed by atoms with Crippen LogP contribution in [0.15, 0.2) is 47.4 Å². The first kappa shape index (κ1) is 21.5. The summed E-state index contributed by atoms with van der Waals surface area (Å²) in [7, 11) is -3.66. The second-order valence-corrected chi connectivity index (χ2v) is 10.4. The lowest BCUT2D eigenvalue weighted by atomic mass is 9.86. The number of hydrogen-bond donors (Lipinski definition) is 1. The van der Waals surface area contributed by atoms with Gasteiger partial charge in [-0.25, -0.2) is 13.1 Å². The first-order valence-corrected chi connectivity index (χ1v) is 11.6. The molecule has 0 fully saturated rings. The Hall–Kier alpha value is -2.18. The number of nitrogens with zero attached hydrogens (tertiary/aromatic N) is 1. The van der Waals surface area contributed by atoms with Crippen molar-refractivity contribution in [2.24, 2.45) is 0 Å². The van der Waals surface area contributed by atoms with Crippen LogP contribution < -0.4 is 9.62 Å². The third-order valence-corrected chi connectivity index (χ3v) is 7.01. The largest absolute Gasteiger partial charge is 0.312 e. The molecule has 0 saturated heterocycles. The van der Waals surface area contributed by atoms with Crippen molar-refractivity contribution in [1.82, 2.24) is 4.72 Å². The van der Waals surface area contributed by atoms with Gasteiger partial charge in [-0.1, -0.05) is 52.0 Å². The van der Waals surface area contributed by atoms with Gasteiger partial charge >= 0.3 is 0 Å². The van der Waals surface area contributed by atoms with Crippen molar-refractivity contribution >= 4 is 21.6 Å². The minimum atomic E-state index is -3.66. The van der Waals surface area contributed by atoms with E-state index in [1.54, 1.807) is 23.1 Å². The fourth-order valence-corrected chi connectivity index (χ4v) is 4.92. The highest BCUT2D eigenvalue weighted by atomic mass is 32.2. The van der Waals surface area contributed by atoms with E-state index in [1.807, 2.05) is 26.0 Å². The van der Waals surface area contributed by atoms with Gasteiger partial charge in [0.1, 0.15) is 0 Å². The average Bonchev–Trinajstić information content (AvgIpc) is 3.09. The summed E-state index contributed by atoms with van der Waals surface area (Å²) in [5.41, 5.74) is 3.90. The zero-order valence-corrected chi connectivity index (χ0v) is 18.6. The maximum Gasteiger partial charge on any atom is 0.241 e. The molecule has 5 nitrogen and oxygen atoms in total. The monoisotopic (exact) mass is 414 g/mol. The molecule has 29 heavy (non-hydrogen) atoms. The Morgan fingerprint density at radius 1 is 1.14 bits per heavy atom. The van der Waals surface area contributed by atoms with Gasteiger partial charge < -0.3 is 4.90 Å². The maximum atomic E-state index is 12.9. The van der Waals surface area contributed by atoms with Gasteiger partial charge in [0.25, 0.3) is 0 Å². The number of rotatable bonds is 5. The summed E-state index contributed by atoms with van der Waals surface area (Å²) >= 11 is 0. The Balaban J connectivity index is 1.79. The van der Waals surface area contributed by atoms with E-state index < -0.39 is 10.0 Å². The topological polar surface area (TPSA) is 66.5 Å². The Labute approximate surface area is 174 Å².